The quantitative estimate of drug-likeness (QED) is 0.730. The van der Waals surface area contributed by atoms with Gasteiger partial charge in [-0.15, -0.1) is 0 Å². The Morgan fingerprint density at radius 2 is 2.20 bits per heavy atom. The summed E-state index contributed by atoms with van der Waals surface area (Å²) in [6, 6.07) is 8.39. The highest BCUT2D eigenvalue weighted by Crippen LogP contribution is 2.36. The van der Waals surface area contributed by atoms with Gasteiger partial charge in [0.15, 0.2) is 0 Å². The van der Waals surface area contributed by atoms with Crippen LogP contribution in [0.3, 0.4) is 0 Å². The zero-order chi connectivity index (χ0) is 10.9. The van der Waals surface area contributed by atoms with Crippen molar-refractivity contribution >= 4 is 6.08 Å². The Morgan fingerprint density at radius 3 is 2.73 bits per heavy atom. The lowest BCUT2D eigenvalue weighted by Crippen LogP contribution is -2.48. The Bertz CT molecular complexity index is 365. The van der Waals surface area contributed by atoms with Crippen molar-refractivity contribution in [2.75, 3.05) is 6.61 Å². The predicted octanol–water partition coefficient (Wildman–Crippen LogP) is 3.30. The summed E-state index contributed by atoms with van der Waals surface area (Å²) >= 11 is 0. The lowest BCUT2D eigenvalue weighted by atomic mass is 9.79. The predicted molar refractivity (Wildman–Crippen MR) is 63.8 cm³/mol. The molecule has 0 radical (unpaired) electrons. The van der Waals surface area contributed by atoms with Gasteiger partial charge >= 0.3 is 0 Å². The van der Waals surface area contributed by atoms with E-state index in [0.29, 0.717) is 11.5 Å². The zero-order valence-electron chi connectivity index (χ0n) is 9.49. The van der Waals surface area contributed by atoms with Gasteiger partial charge in [0.2, 0.25) is 0 Å². The van der Waals surface area contributed by atoms with Crippen molar-refractivity contribution in [3.05, 3.63) is 42.0 Å². The largest absolute Gasteiger partial charge is 0.377 e. The summed E-state index contributed by atoms with van der Waals surface area (Å²) in [6.45, 7) is 9.24. The molecular weight excluding hydrogens is 184 g/mol. The standard InChI is InChI=1S/C14H18O/c1-4-11-7-5-6-8-12(11)9-13-14(2,3)10-15-13/h4-8,13H,1,9-10H2,2-3H3. The molecule has 1 atom stereocenters. The highest BCUT2D eigenvalue weighted by Gasteiger charge is 2.39. The molecule has 1 aromatic carbocycles. The molecule has 1 heterocycles. The van der Waals surface area contributed by atoms with E-state index in [0.717, 1.165) is 13.0 Å². The van der Waals surface area contributed by atoms with Gasteiger partial charge in [0.25, 0.3) is 0 Å². The SMILES string of the molecule is C=Cc1ccccc1CC1OCC1(C)C. The molecule has 15 heavy (non-hydrogen) atoms. The first kappa shape index (κ1) is 10.4. The molecule has 0 aliphatic carbocycles. The first-order chi connectivity index (χ1) is 7.13. The molecule has 0 saturated carbocycles. The van der Waals surface area contributed by atoms with E-state index in [4.69, 9.17) is 4.74 Å². The molecular formula is C14H18O. The Morgan fingerprint density at radius 1 is 1.47 bits per heavy atom. The molecule has 0 aromatic heterocycles. The average Bonchev–Trinajstić information content (AvgIpc) is 2.25. The van der Waals surface area contributed by atoms with Crippen molar-refractivity contribution in [1.29, 1.82) is 0 Å². The van der Waals surface area contributed by atoms with Gasteiger partial charge in [0.05, 0.1) is 12.7 Å². The minimum atomic E-state index is 0.328. The van der Waals surface area contributed by atoms with E-state index < -0.39 is 0 Å². The third-order valence-electron chi connectivity index (χ3n) is 3.21. The van der Waals surface area contributed by atoms with Crippen molar-refractivity contribution in [3.63, 3.8) is 0 Å². The van der Waals surface area contributed by atoms with E-state index in [9.17, 15) is 0 Å². The molecule has 2 rings (SSSR count). The minimum Gasteiger partial charge on any atom is -0.377 e. The van der Waals surface area contributed by atoms with Gasteiger partial charge in [-0.25, -0.2) is 0 Å². The van der Waals surface area contributed by atoms with Crippen LogP contribution in [-0.4, -0.2) is 12.7 Å². The maximum atomic E-state index is 5.62. The molecule has 1 fully saturated rings. The van der Waals surface area contributed by atoms with Crippen LogP contribution in [-0.2, 0) is 11.2 Å². The van der Waals surface area contributed by atoms with Crippen LogP contribution in [0, 0.1) is 5.41 Å². The molecule has 1 saturated heterocycles. The fourth-order valence-electron chi connectivity index (χ4n) is 1.99. The first-order valence-electron chi connectivity index (χ1n) is 5.45. The van der Waals surface area contributed by atoms with Gasteiger partial charge in [-0.2, -0.15) is 0 Å². The molecule has 1 aliphatic heterocycles. The molecule has 1 aliphatic rings. The fourth-order valence-corrected chi connectivity index (χ4v) is 1.99. The van der Waals surface area contributed by atoms with E-state index in [2.05, 4.69) is 38.6 Å². The number of benzene rings is 1. The number of ether oxygens (including phenoxy) is 1. The third-order valence-corrected chi connectivity index (χ3v) is 3.21. The Balaban J connectivity index is 2.14. The van der Waals surface area contributed by atoms with Crippen LogP contribution in [0.2, 0.25) is 0 Å². The van der Waals surface area contributed by atoms with Crippen LogP contribution >= 0.6 is 0 Å². The Labute approximate surface area is 91.8 Å². The summed E-state index contributed by atoms with van der Waals surface area (Å²) in [6.07, 6.45) is 3.27. The maximum absolute atomic E-state index is 5.62. The summed E-state index contributed by atoms with van der Waals surface area (Å²) in [5.74, 6) is 0. The van der Waals surface area contributed by atoms with Crippen molar-refractivity contribution in [2.24, 2.45) is 5.41 Å². The Hall–Kier alpha value is -1.08. The molecule has 0 bridgehead atoms. The summed E-state index contributed by atoms with van der Waals surface area (Å²) < 4.78 is 5.62. The fraction of sp³-hybridized carbons (Fsp3) is 0.429. The molecule has 0 N–H and O–H groups in total. The van der Waals surface area contributed by atoms with Gasteiger partial charge in [-0.3, -0.25) is 0 Å². The van der Waals surface area contributed by atoms with Crippen LogP contribution < -0.4 is 0 Å². The Kier molecular flexibility index (Phi) is 2.66. The normalized spacial score (nSPS) is 23.2. The monoisotopic (exact) mass is 202 g/mol. The van der Waals surface area contributed by atoms with Crippen molar-refractivity contribution < 1.29 is 4.74 Å². The van der Waals surface area contributed by atoms with Gasteiger partial charge in [-0.1, -0.05) is 50.8 Å². The topological polar surface area (TPSA) is 9.23 Å². The van der Waals surface area contributed by atoms with E-state index >= 15 is 0 Å². The third kappa shape index (κ3) is 1.98. The van der Waals surface area contributed by atoms with Crippen LogP contribution in [0.15, 0.2) is 30.8 Å². The highest BCUT2D eigenvalue weighted by molar-refractivity contribution is 5.51. The molecule has 1 unspecified atom stereocenters. The summed E-state index contributed by atoms with van der Waals surface area (Å²) in [5, 5.41) is 0. The van der Waals surface area contributed by atoms with E-state index in [-0.39, 0.29) is 0 Å². The number of hydrogen-bond acceptors (Lipinski definition) is 1. The van der Waals surface area contributed by atoms with Crippen molar-refractivity contribution in [3.8, 4) is 0 Å². The summed E-state index contributed by atoms with van der Waals surface area (Å²) in [4.78, 5) is 0. The summed E-state index contributed by atoms with van der Waals surface area (Å²) in [7, 11) is 0. The van der Waals surface area contributed by atoms with Gasteiger partial charge in [0.1, 0.15) is 0 Å². The molecule has 0 spiro atoms. The van der Waals surface area contributed by atoms with Gasteiger partial charge in [-0.05, 0) is 17.5 Å². The molecule has 1 nitrogen and oxygen atoms in total. The maximum Gasteiger partial charge on any atom is 0.0688 e. The van der Waals surface area contributed by atoms with Crippen LogP contribution in [0.4, 0.5) is 0 Å². The first-order valence-corrected chi connectivity index (χ1v) is 5.45. The minimum absolute atomic E-state index is 0.328. The van der Waals surface area contributed by atoms with E-state index in [1.165, 1.54) is 11.1 Å². The zero-order valence-corrected chi connectivity index (χ0v) is 9.49. The smallest absolute Gasteiger partial charge is 0.0688 e. The lowest BCUT2D eigenvalue weighted by Gasteiger charge is -2.44. The number of rotatable bonds is 3. The second kappa shape index (κ2) is 3.82. The second-order valence-electron chi connectivity index (χ2n) is 4.90. The van der Waals surface area contributed by atoms with Crippen LogP contribution in [0.1, 0.15) is 25.0 Å². The lowest BCUT2D eigenvalue weighted by molar-refractivity contribution is -0.166. The highest BCUT2D eigenvalue weighted by atomic mass is 16.5. The van der Waals surface area contributed by atoms with Crippen LogP contribution in [0.25, 0.3) is 6.08 Å². The van der Waals surface area contributed by atoms with Gasteiger partial charge in [0, 0.05) is 5.41 Å². The molecule has 1 aromatic rings. The van der Waals surface area contributed by atoms with Crippen molar-refractivity contribution in [2.45, 2.75) is 26.4 Å². The molecule has 0 amide bonds. The van der Waals surface area contributed by atoms with E-state index in [1.807, 2.05) is 12.1 Å². The summed E-state index contributed by atoms with van der Waals surface area (Å²) in [5.41, 5.74) is 2.89. The second-order valence-corrected chi connectivity index (χ2v) is 4.90. The van der Waals surface area contributed by atoms with Crippen LogP contribution in [0.5, 0.6) is 0 Å². The molecule has 1 heteroatoms. The molecule has 80 valence electrons. The van der Waals surface area contributed by atoms with Gasteiger partial charge < -0.3 is 4.74 Å². The van der Waals surface area contributed by atoms with E-state index in [1.54, 1.807) is 0 Å². The average molecular weight is 202 g/mol. The van der Waals surface area contributed by atoms with Crippen molar-refractivity contribution in [1.82, 2.24) is 0 Å². The number of hydrogen-bond donors (Lipinski definition) is 0.